The van der Waals surface area contributed by atoms with Gasteiger partial charge >= 0.3 is 0 Å². The monoisotopic (exact) mass is 435 g/mol. The fourth-order valence-electron chi connectivity index (χ4n) is 1.39. The molecule has 0 fully saturated rings. The molecule has 0 aliphatic carbocycles. The van der Waals surface area contributed by atoms with Gasteiger partial charge in [-0.15, -0.1) is 0 Å². The molecule has 0 aliphatic heterocycles. The van der Waals surface area contributed by atoms with E-state index in [1.54, 1.807) is 32.0 Å². The van der Waals surface area contributed by atoms with Crippen LogP contribution in [0.15, 0.2) is 18.2 Å². The normalized spacial score (nSPS) is 12.7. The minimum Gasteiger partial charge on any atom is -0.339 e. The second kappa shape index (κ2) is 8.79. The Balaban J connectivity index is 2.81. The fourth-order valence-corrected chi connectivity index (χ4v) is 2.28. The number of amides is 1. The van der Waals surface area contributed by atoms with Crippen LogP contribution in [0.3, 0.4) is 0 Å². The van der Waals surface area contributed by atoms with Crippen LogP contribution in [0, 0.1) is 5.92 Å². The summed E-state index contributed by atoms with van der Waals surface area (Å²) in [6.07, 6.45) is -1.03. The van der Waals surface area contributed by atoms with Crippen LogP contribution in [0.1, 0.15) is 13.8 Å². The second-order valence-corrected chi connectivity index (χ2v) is 8.48. The van der Waals surface area contributed by atoms with E-state index in [9.17, 15) is 4.79 Å². The molecule has 1 aromatic rings. The number of nitrogens with one attached hydrogen (secondary N) is 3. The Morgan fingerprint density at radius 1 is 1.17 bits per heavy atom. The summed E-state index contributed by atoms with van der Waals surface area (Å²) >= 11 is 34.7. The largest absolute Gasteiger partial charge is 0.339 e. The van der Waals surface area contributed by atoms with E-state index in [-0.39, 0.29) is 16.9 Å². The van der Waals surface area contributed by atoms with Gasteiger partial charge in [-0.25, -0.2) is 0 Å². The molecule has 1 amide bonds. The van der Waals surface area contributed by atoms with Gasteiger partial charge in [-0.05, 0) is 30.4 Å². The number of alkyl halides is 3. The zero-order valence-electron chi connectivity index (χ0n) is 12.1. The molecular weight excluding hydrogens is 423 g/mol. The standard InChI is InChI=1S/C13H14Cl5N3OS/c1-6(2)10(22)20-11(13(16,17)18)21-12(23)19-9-5-7(14)3-4-8(9)15/h3-6,11H,1-2H3,(H,20,22)(H2,19,21,23). The summed E-state index contributed by atoms with van der Waals surface area (Å²) in [5.74, 6) is -0.576. The predicted octanol–water partition coefficient (Wildman–Crippen LogP) is 4.75. The van der Waals surface area contributed by atoms with Crippen LogP contribution in [0.2, 0.25) is 10.0 Å². The van der Waals surface area contributed by atoms with Gasteiger partial charge in [-0.3, -0.25) is 4.79 Å². The smallest absolute Gasteiger partial charge is 0.228 e. The molecule has 0 heterocycles. The molecule has 3 N–H and O–H groups in total. The van der Waals surface area contributed by atoms with Crippen molar-refractivity contribution in [1.29, 1.82) is 0 Å². The molecule has 1 rings (SSSR count). The first kappa shape index (κ1) is 20.9. The Hall–Kier alpha value is -0.170. The summed E-state index contributed by atoms with van der Waals surface area (Å²) in [7, 11) is 0. The van der Waals surface area contributed by atoms with Crippen LogP contribution in [0.4, 0.5) is 5.69 Å². The molecule has 0 spiro atoms. The third-order valence-electron chi connectivity index (χ3n) is 2.59. The molecule has 1 aromatic carbocycles. The Kier molecular flexibility index (Phi) is 7.98. The first-order chi connectivity index (χ1) is 10.5. The molecule has 1 atom stereocenters. The van der Waals surface area contributed by atoms with E-state index >= 15 is 0 Å². The third-order valence-corrected chi connectivity index (χ3v) is 4.03. The molecule has 0 aromatic heterocycles. The summed E-state index contributed by atoms with van der Waals surface area (Å²) in [5.41, 5.74) is 0.481. The molecule has 0 radical (unpaired) electrons. The Labute approximate surface area is 165 Å². The summed E-state index contributed by atoms with van der Waals surface area (Å²) in [5, 5.41) is 9.12. The minimum absolute atomic E-state index is 0.106. The number of carbonyl (C=O) groups excluding carboxylic acids is 1. The van der Waals surface area contributed by atoms with Crippen LogP contribution in [0.5, 0.6) is 0 Å². The van der Waals surface area contributed by atoms with E-state index in [1.165, 1.54) is 0 Å². The fraction of sp³-hybridized carbons (Fsp3) is 0.385. The van der Waals surface area contributed by atoms with Crippen molar-refractivity contribution in [1.82, 2.24) is 10.6 Å². The van der Waals surface area contributed by atoms with Gasteiger partial charge in [-0.2, -0.15) is 0 Å². The zero-order valence-corrected chi connectivity index (χ0v) is 16.7. The van der Waals surface area contributed by atoms with Crippen LogP contribution < -0.4 is 16.0 Å². The lowest BCUT2D eigenvalue weighted by molar-refractivity contribution is -0.124. The molecule has 1 unspecified atom stereocenters. The van der Waals surface area contributed by atoms with Crippen molar-refractivity contribution < 1.29 is 4.79 Å². The lowest BCUT2D eigenvalue weighted by atomic mass is 10.2. The number of anilines is 1. The highest BCUT2D eigenvalue weighted by atomic mass is 35.6. The van der Waals surface area contributed by atoms with E-state index < -0.39 is 9.96 Å². The Morgan fingerprint density at radius 2 is 1.78 bits per heavy atom. The van der Waals surface area contributed by atoms with Crippen LogP contribution in [0.25, 0.3) is 0 Å². The van der Waals surface area contributed by atoms with Crippen molar-refractivity contribution >= 4 is 86.9 Å². The summed E-state index contributed by atoms with van der Waals surface area (Å²) in [6.45, 7) is 3.43. The molecule has 4 nitrogen and oxygen atoms in total. The highest BCUT2D eigenvalue weighted by Crippen LogP contribution is 2.30. The van der Waals surface area contributed by atoms with Gasteiger partial charge in [0.05, 0.1) is 10.7 Å². The van der Waals surface area contributed by atoms with Gasteiger partial charge in [0.15, 0.2) is 5.11 Å². The summed E-state index contributed by atoms with van der Waals surface area (Å²) in [6, 6.07) is 4.84. The molecule has 23 heavy (non-hydrogen) atoms. The van der Waals surface area contributed by atoms with Crippen LogP contribution in [-0.4, -0.2) is 21.0 Å². The second-order valence-electron chi connectivity index (χ2n) is 4.86. The Morgan fingerprint density at radius 3 is 2.30 bits per heavy atom. The van der Waals surface area contributed by atoms with Gasteiger partial charge in [0.25, 0.3) is 0 Å². The highest BCUT2D eigenvalue weighted by molar-refractivity contribution is 7.80. The SMILES string of the molecule is CC(C)C(=O)NC(NC(=S)Nc1cc(Cl)ccc1Cl)C(Cl)(Cl)Cl. The van der Waals surface area contributed by atoms with Crippen molar-refractivity contribution in [3.8, 4) is 0 Å². The molecule has 0 bridgehead atoms. The minimum atomic E-state index is -1.81. The van der Waals surface area contributed by atoms with Crippen molar-refractivity contribution in [2.24, 2.45) is 5.92 Å². The summed E-state index contributed by atoms with van der Waals surface area (Å²) in [4.78, 5) is 11.8. The lowest BCUT2D eigenvalue weighted by Gasteiger charge is -2.28. The number of thiocarbonyl (C=S) groups is 1. The first-order valence-electron chi connectivity index (χ1n) is 6.40. The van der Waals surface area contributed by atoms with Crippen molar-refractivity contribution in [2.45, 2.75) is 23.8 Å². The lowest BCUT2D eigenvalue weighted by Crippen LogP contribution is -2.56. The van der Waals surface area contributed by atoms with Gasteiger partial charge in [0.2, 0.25) is 9.70 Å². The average molecular weight is 438 g/mol. The average Bonchev–Trinajstić information content (AvgIpc) is 2.40. The molecule has 0 saturated carbocycles. The van der Waals surface area contributed by atoms with Crippen molar-refractivity contribution in [3.63, 3.8) is 0 Å². The van der Waals surface area contributed by atoms with Gasteiger partial charge < -0.3 is 16.0 Å². The maximum Gasteiger partial charge on any atom is 0.228 e. The predicted molar refractivity (Wildman–Crippen MR) is 103 cm³/mol. The maximum atomic E-state index is 11.8. The summed E-state index contributed by atoms with van der Waals surface area (Å²) < 4.78 is -1.81. The van der Waals surface area contributed by atoms with E-state index in [2.05, 4.69) is 16.0 Å². The van der Waals surface area contributed by atoms with Gasteiger partial charge in [0.1, 0.15) is 6.17 Å². The number of benzene rings is 1. The van der Waals surface area contributed by atoms with E-state index in [0.717, 1.165) is 0 Å². The number of rotatable bonds is 4. The van der Waals surface area contributed by atoms with E-state index in [0.29, 0.717) is 15.7 Å². The number of hydrogen-bond acceptors (Lipinski definition) is 2. The number of halogens is 5. The topological polar surface area (TPSA) is 53.2 Å². The van der Waals surface area contributed by atoms with Crippen LogP contribution in [-0.2, 0) is 4.79 Å². The third kappa shape index (κ3) is 7.08. The molecule has 10 heteroatoms. The first-order valence-corrected chi connectivity index (χ1v) is 8.70. The van der Waals surface area contributed by atoms with E-state index in [1.807, 2.05) is 0 Å². The maximum absolute atomic E-state index is 11.8. The number of hydrogen-bond donors (Lipinski definition) is 3. The quantitative estimate of drug-likeness (QED) is 0.362. The number of carbonyl (C=O) groups is 1. The van der Waals surface area contributed by atoms with Crippen LogP contribution >= 0.6 is 70.2 Å². The molecule has 0 saturated heterocycles. The van der Waals surface area contributed by atoms with E-state index in [4.69, 9.17) is 70.2 Å². The Bertz CT molecular complexity index is 591. The highest BCUT2D eigenvalue weighted by Gasteiger charge is 2.35. The zero-order chi connectivity index (χ0) is 17.8. The van der Waals surface area contributed by atoms with Crippen molar-refractivity contribution in [2.75, 3.05) is 5.32 Å². The van der Waals surface area contributed by atoms with Gasteiger partial charge in [-0.1, -0.05) is 71.9 Å². The molecule has 0 aliphatic rings. The van der Waals surface area contributed by atoms with Crippen molar-refractivity contribution in [3.05, 3.63) is 28.2 Å². The molecule has 128 valence electrons. The molecular formula is C13H14Cl5N3OS. The van der Waals surface area contributed by atoms with Gasteiger partial charge in [0, 0.05) is 10.9 Å².